The van der Waals surface area contributed by atoms with E-state index >= 15 is 0 Å². The first-order chi connectivity index (χ1) is 13.2. The predicted octanol–water partition coefficient (Wildman–Crippen LogP) is 4.04. The predicted molar refractivity (Wildman–Crippen MR) is 106 cm³/mol. The van der Waals surface area contributed by atoms with Gasteiger partial charge in [0, 0.05) is 17.2 Å². The van der Waals surface area contributed by atoms with Crippen molar-refractivity contribution in [3.8, 4) is 17.2 Å². The highest BCUT2D eigenvalue weighted by atomic mass is 16.5. The SMILES string of the molecule is CCCOc1ccc(/C=N/NC(=O)c2ccc(OC)cc2)c(OCCC)c1. The fourth-order valence-electron chi connectivity index (χ4n) is 2.24. The third-order valence-corrected chi connectivity index (χ3v) is 3.64. The van der Waals surface area contributed by atoms with Crippen LogP contribution in [0.5, 0.6) is 17.2 Å². The molecular formula is C21H26N2O4. The number of rotatable bonds is 10. The molecule has 2 rings (SSSR count). The van der Waals surface area contributed by atoms with Gasteiger partial charge in [-0.15, -0.1) is 0 Å². The van der Waals surface area contributed by atoms with Crippen LogP contribution in [0.1, 0.15) is 42.6 Å². The van der Waals surface area contributed by atoms with E-state index in [0.29, 0.717) is 30.3 Å². The van der Waals surface area contributed by atoms with E-state index in [4.69, 9.17) is 14.2 Å². The fourth-order valence-corrected chi connectivity index (χ4v) is 2.24. The van der Waals surface area contributed by atoms with E-state index in [1.165, 1.54) is 0 Å². The fraction of sp³-hybridized carbons (Fsp3) is 0.333. The maximum absolute atomic E-state index is 12.1. The molecule has 0 spiro atoms. The Kier molecular flexibility index (Phi) is 8.16. The summed E-state index contributed by atoms with van der Waals surface area (Å²) in [6, 6.07) is 12.4. The van der Waals surface area contributed by atoms with Crippen molar-refractivity contribution in [1.29, 1.82) is 0 Å². The lowest BCUT2D eigenvalue weighted by atomic mass is 10.2. The minimum Gasteiger partial charge on any atom is -0.497 e. The van der Waals surface area contributed by atoms with Gasteiger partial charge in [0.15, 0.2) is 0 Å². The summed E-state index contributed by atoms with van der Waals surface area (Å²) in [6.07, 6.45) is 3.40. The molecule has 0 aliphatic rings. The van der Waals surface area contributed by atoms with E-state index in [1.54, 1.807) is 37.6 Å². The second-order valence-electron chi connectivity index (χ2n) is 5.82. The Labute approximate surface area is 160 Å². The van der Waals surface area contributed by atoms with Crippen molar-refractivity contribution < 1.29 is 19.0 Å². The Hall–Kier alpha value is -3.02. The van der Waals surface area contributed by atoms with Crippen molar-refractivity contribution >= 4 is 12.1 Å². The highest BCUT2D eigenvalue weighted by Gasteiger charge is 2.06. The van der Waals surface area contributed by atoms with Gasteiger partial charge in [0.2, 0.25) is 0 Å². The Balaban J connectivity index is 2.05. The Morgan fingerprint density at radius 3 is 2.33 bits per heavy atom. The molecule has 6 nitrogen and oxygen atoms in total. The maximum Gasteiger partial charge on any atom is 0.271 e. The zero-order valence-electron chi connectivity index (χ0n) is 16.0. The number of hydrogen-bond acceptors (Lipinski definition) is 5. The molecule has 144 valence electrons. The smallest absolute Gasteiger partial charge is 0.271 e. The van der Waals surface area contributed by atoms with Crippen LogP contribution in [-0.4, -0.2) is 32.4 Å². The number of hydrazone groups is 1. The van der Waals surface area contributed by atoms with Crippen molar-refractivity contribution in [3.05, 3.63) is 53.6 Å². The average molecular weight is 370 g/mol. The van der Waals surface area contributed by atoms with Gasteiger partial charge in [-0.25, -0.2) is 5.43 Å². The lowest BCUT2D eigenvalue weighted by Gasteiger charge is -2.11. The van der Waals surface area contributed by atoms with E-state index in [0.717, 1.165) is 24.2 Å². The summed E-state index contributed by atoms with van der Waals surface area (Å²) in [6.45, 7) is 5.34. The first-order valence-electron chi connectivity index (χ1n) is 9.05. The number of carbonyl (C=O) groups excluding carboxylic acids is 1. The van der Waals surface area contributed by atoms with Gasteiger partial charge in [-0.05, 0) is 49.2 Å². The molecule has 2 aromatic rings. The highest BCUT2D eigenvalue weighted by molar-refractivity contribution is 5.95. The molecule has 0 saturated carbocycles. The molecule has 0 bridgehead atoms. The van der Waals surface area contributed by atoms with Crippen molar-refractivity contribution in [1.82, 2.24) is 5.43 Å². The molecule has 6 heteroatoms. The van der Waals surface area contributed by atoms with Gasteiger partial charge >= 0.3 is 0 Å². The summed E-state index contributed by atoms with van der Waals surface area (Å²) >= 11 is 0. The number of ether oxygens (including phenoxy) is 3. The van der Waals surface area contributed by atoms with E-state index < -0.39 is 0 Å². The second kappa shape index (κ2) is 10.9. The Bertz CT molecular complexity index is 757. The van der Waals surface area contributed by atoms with E-state index in [-0.39, 0.29) is 5.91 Å². The number of benzene rings is 2. The average Bonchev–Trinajstić information content (AvgIpc) is 2.71. The molecule has 0 aromatic heterocycles. The summed E-state index contributed by atoms with van der Waals surface area (Å²) in [5.74, 6) is 1.82. The van der Waals surface area contributed by atoms with Crippen LogP contribution in [0.15, 0.2) is 47.6 Å². The van der Waals surface area contributed by atoms with Crippen LogP contribution in [-0.2, 0) is 0 Å². The highest BCUT2D eigenvalue weighted by Crippen LogP contribution is 2.24. The molecule has 0 radical (unpaired) electrons. The van der Waals surface area contributed by atoms with E-state index in [9.17, 15) is 4.79 Å². The van der Waals surface area contributed by atoms with Crippen LogP contribution < -0.4 is 19.6 Å². The van der Waals surface area contributed by atoms with Crippen LogP contribution >= 0.6 is 0 Å². The van der Waals surface area contributed by atoms with Gasteiger partial charge in [0.25, 0.3) is 5.91 Å². The Morgan fingerprint density at radius 2 is 1.67 bits per heavy atom. The minimum atomic E-state index is -0.298. The van der Waals surface area contributed by atoms with Crippen molar-refractivity contribution in [2.45, 2.75) is 26.7 Å². The lowest BCUT2D eigenvalue weighted by Crippen LogP contribution is -2.17. The maximum atomic E-state index is 12.1. The van der Waals surface area contributed by atoms with Crippen molar-refractivity contribution in [3.63, 3.8) is 0 Å². The molecular weight excluding hydrogens is 344 g/mol. The Morgan fingerprint density at radius 1 is 1.00 bits per heavy atom. The molecule has 0 fully saturated rings. The summed E-state index contributed by atoms with van der Waals surface area (Å²) < 4.78 is 16.5. The van der Waals surface area contributed by atoms with Crippen LogP contribution in [0.3, 0.4) is 0 Å². The molecule has 0 saturated heterocycles. The molecule has 0 aliphatic carbocycles. The lowest BCUT2D eigenvalue weighted by molar-refractivity contribution is 0.0955. The summed E-state index contributed by atoms with van der Waals surface area (Å²) in [5, 5.41) is 4.04. The number of methoxy groups -OCH3 is 1. The quantitative estimate of drug-likeness (QED) is 0.506. The monoisotopic (exact) mass is 370 g/mol. The van der Waals surface area contributed by atoms with Gasteiger partial charge in [0.1, 0.15) is 17.2 Å². The van der Waals surface area contributed by atoms with Crippen LogP contribution in [0.4, 0.5) is 0 Å². The van der Waals surface area contributed by atoms with Gasteiger partial charge in [-0.3, -0.25) is 4.79 Å². The summed E-state index contributed by atoms with van der Waals surface area (Å²) in [4.78, 5) is 12.1. The van der Waals surface area contributed by atoms with Crippen LogP contribution in [0.25, 0.3) is 0 Å². The standard InChI is InChI=1S/C21H26N2O4/c1-4-12-26-19-11-8-17(20(14-19)27-13-5-2)15-22-23-21(24)16-6-9-18(25-3)10-7-16/h6-11,14-15H,4-5,12-13H2,1-3H3,(H,23,24)/b22-15+. The number of hydrogen-bond donors (Lipinski definition) is 1. The van der Waals surface area contributed by atoms with Crippen LogP contribution in [0.2, 0.25) is 0 Å². The van der Waals surface area contributed by atoms with Gasteiger partial charge in [-0.1, -0.05) is 13.8 Å². The largest absolute Gasteiger partial charge is 0.497 e. The van der Waals surface area contributed by atoms with Crippen LogP contribution in [0, 0.1) is 0 Å². The molecule has 2 aromatic carbocycles. The number of nitrogens with one attached hydrogen (secondary N) is 1. The first-order valence-corrected chi connectivity index (χ1v) is 9.05. The summed E-state index contributed by atoms with van der Waals surface area (Å²) in [7, 11) is 1.58. The molecule has 0 unspecified atom stereocenters. The number of carbonyl (C=O) groups is 1. The normalized spacial score (nSPS) is 10.6. The van der Waals surface area contributed by atoms with Gasteiger partial charge in [-0.2, -0.15) is 5.10 Å². The number of amides is 1. The van der Waals surface area contributed by atoms with Gasteiger partial charge in [0.05, 0.1) is 26.5 Å². The molecule has 27 heavy (non-hydrogen) atoms. The number of nitrogens with zero attached hydrogens (tertiary/aromatic N) is 1. The van der Waals surface area contributed by atoms with Crippen molar-refractivity contribution in [2.75, 3.05) is 20.3 Å². The second-order valence-corrected chi connectivity index (χ2v) is 5.82. The molecule has 0 heterocycles. The minimum absolute atomic E-state index is 0.298. The van der Waals surface area contributed by atoms with Crippen molar-refractivity contribution in [2.24, 2.45) is 5.10 Å². The summed E-state index contributed by atoms with van der Waals surface area (Å²) in [5.41, 5.74) is 3.78. The first kappa shape index (κ1) is 20.3. The third kappa shape index (κ3) is 6.33. The van der Waals surface area contributed by atoms with E-state index in [2.05, 4.69) is 17.5 Å². The third-order valence-electron chi connectivity index (χ3n) is 3.64. The molecule has 0 atom stereocenters. The zero-order valence-corrected chi connectivity index (χ0v) is 16.0. The zero-order chi connectivity index (χ0) is 19.5. The van der Waals surface area contributed by atoms with Gasteiger partial charge < -0.3 is 14.2 Å². The molecule has 0 aliphatic heterocycles. The van der Waals surface area contributed by atoms with E-state index in [1.807, 2.05) is 25.1 Å². The molecule has 1 amide bonds. The molecule has 1 N–H and O–H groups in total. The topological polar surface area (TPSA) is 69.2 Å².